The van der Waals surface area contributed by atoms with E-state index < -0.39 is 0 Å². The number of hydrogen-bond acceptors (Lipinski definition) is 2. The molecule has 0 saturated carbocycles. The minimum absolute atomic E-state index is 0. The second kappa shape index (κ2) is 14.7. The smallest absolute Gasteiger partial charge is 0.268 e. The van der Waals surface area contributed by atoms with Crippen LogP contribution in [-0.2, 0) is 37.3 Å². The van der Waals surface area contributed by atoms with Gasteiger partial charge in [-0.3, -0.25) is 4.57 Å². The van der Waals surface area contributed by atoms with Crippen molar-refractivity contribution < 1.29 is 30.4 Å². The van der Waals surface area contributed by atoms with Crippen molar-refractivity contribution in [3.05, 3.63) is 175 Å². The molecule has 0 amide bonds. The molecule has 1 aliphatic carbocycles. The molecule has 0 saturated heterocycles. The summed E-state index contributed by atoms with van der Waals surface area (Å²) in [5.74, 6) is 2.05. The van der Waals surface area contributed by atoms with Gasteiger partial charge in [0.1, 0.15) is 5.82 Å². The maximum Gasteiger partial charge on any atom is 0.268 e. The summed E-state index contributed by atoms with van der Waals surface area (Å²) in [5, 5.41) is 2.24. The zero-order valence-corrected chi connectivity index (χ0v) is 37.5. The van der Waals surface area contributed by atoms with Crippen molar-refractivity contribution in [2.75, 3.05) is 0 Å². The maximum atomic E-state index is 6.64. The number of aromatic nitrogens is 4. The Morgan fingerprint density at radius 3 is 2.18 bits per heavy atom. The average molecular weight is 964 g/mol. The Hall–Kier alpha value is -5.77. The number of hydrogen-bond donors (Lipinski definition) is 0. The maximum absolute atomic E-state index is 6.64. The number of rotatable bonds is 6. The molecule has 302 valence electrons. The van der Waals surface area contributed by atoms with Gasteiger partial charge in [0.2, 0.25) is 0 Å². The van der Waals surface area contributed by atoms with Crippen LogP contribution in [0.5, 0.6) is 11.5 Å². The number of nitrogens with zero attached hydrogens (tertiary/aromatic N) is 4. The number of pyridine rings is 1. The van der Waals surface area contributed by atoms with E-state index in [0.29, 0.717) is 11.5 Å². The van der Waals surface area contributed by atoms with Crippen molar-refractivity contribution in [3.8, 4) is 39.8 Å². The van der Waals surface area contributed by atoms with E-state index in [1.165, 1.54) is 23.1 Å². The van der Waals surface area contributed by atoms with Crippen molar-refractivity contribution in [1.29, 1.82) is 0 Å². The van der Waals surface area contributed by atoms with Crippen LogP contribution < -0.4 is 9.30 Å². The van der Waals surface area contributed by atoms with Crippen LogP contribution in [-0.4, -0.2) is 14.1 Å². The number of para-hydroxylation sites is 2. The molecule has 3 aromatic heterocycles. The molecular formula is C54H48N4OPt-2. The molecule has 0 unspecified atom stereocenters. The Morgan fingerprint density at radius 1 is 0.667 bits per heavy atom. The summed E-state index contributed by atoms with van der Waals surface area (Å²) < 4.78 is 13.2. The third-order valence-corrected chi connectivity index (χ3v) is 12.5. The fraction of sp³-hybridized carbons (Fsp3) is 0.222. The molecule has 0 N–H and O–H groups in total. The SMILES string of the molecule is CC(C)(C)c1ccnc(-n2c3[c-]c(Oc4[c-]c(-n5[c-][n+](-c6ccc7c(c6)C(C)(C)CCC7(C)C)c6c(-c7ccccc7)cccc65)ccc4)ccc3c3ccccc32)c1.[Pt]. The predicted octanol–water partition coefficient (Wildman–Crippen LogP) is 12.9. The van der Waals surface area contributed by atoms with E-state index in [1.54, 1.807) is 0 Å². The van der Waals surface area contributed by atoms with E-state index >= 15 is 0 Å². The standard InChI is InChI=1S/C54H48N4O.Pt/c1-52(2,3)37-27-30-55-50(31-37)58-47-21-12-11-19-43(47)44-25-24-41(34-49(44)58)59-40-18-13-17-38(32-40)56-35-57(51-42(20-14-22-48(51)56)36-15-9-8-10-16-36)39-23-26-45-46(33-39)54(6,7)29-28-53(45,4)5;/h8-27,30-31,33H,28-29H2,1-7H3;/q-2;. The van der Waals surface area contributed by atoms with E-state index in [9.17, 15) is 0 Å². The molecule has 0 fully saturated rings. The minimum Gasteiger partial charge on any atom is -0.510 e. The number of imidazole rings is 1. The molecule has 0 atom stereocenters. The first-order valence-corrected chi connectivity index (χ1v) is 20.7. The van der Waals surface area contributed by atoms with Crippen LogP contribution in [0.25, 0.3) is 61.2 Å². The van der Waals surface area contributed by atoms with Crippen LogP contribution in [0.4, 0.5) is 0 Å². The zero-order chi connectivity index (χ0) is 40.7. The van der Waals surface area contributed by atoms with Crippen molar-refractivity contribution in [3.63, 3.8) is 0 Å². The molecule has 6 heteroatoms. The first kappa shape index (κ1) is 39.7. The monoisotopic (exact) mass is 963 g/mol. The van der Waals surface area contributed by atoms with Crippen molar-refractivity contribution in [2.45, 2.75) is 77.6 Å². The summed E-state index contributed by atoms with van der Waals surface area (Å²) in [6.45, 7) is 16.2. The van der Waals surface area contributed by atoms with Gasteiger partial charge in [0, 0.05) is 44.3 Å². The number of benzene rings is 6. The van der Waals surface area contributed by atoms with Crippen LogP contribution in [0, 0.1) is 18.5 Å². The first-order chi connectivity index (χ1) is 28.4. The third-order valence-electron chi connectivity index (χ3n) is 12.5. The van der Waals surface area contributed by atoms with Gasteiger partial charge in [-0.15, -0.1) is 29.7 Å². The van der Waals surface area contributed by atoms with E-state index in [1.807, 2.05) is 24.4 Å². The molecule has 1 aliphatic rings. The Kier molecular flexibility index (Phi) is 9.75. The summed E-state index contributed by atoms with van der Waals surface area (Å²) in [5.41, 5.74) is 12.6. The van der Waals surface area contributed by atoms with Gasteiger partial charge in [-0.05, 0) is 98.3 Å². The largest absolute Gasteiger partial charge is 0.510 e. The quantitative estimate of drug-likeness (QED) is 0.123. The van der Waals surface area contributed by atoms with Crippen LogP contribution in [0.1, 0.15) is 78.0 Å². The summed E-state index contributed by atoms with van der Waals surface area (Å²) in [4.78, 5) is 4.85. The van der Waals surface area contributed by atoms with Crippen LogP contribution in [0.2, 0.25) is 0 Å². The Balaban J connectivity index is 0.00000462. The van der Waals surface area contributed by atoms with Crippen LogP contribution >= 0.6 is 0 Å². The topological polar surface area (TPSA) is 35.9 Å². The molecule has 0 spiro atoms. The fourth-order valence-corrected chi connectivity index (χ4v) is 9.01. The van der Waals surface area contributed by atoms with Crippen LogP contribution in [0.15, 0.2) is 140 Å². The Labute approximate surface area is 367 Å². The van der Waals surface area contributed by atoms with Gasteiger partial charge < -0.3 is 13.9 Å². The zero-order valence-electron chi connectivity index (χ0n) is 35.2. The second-order valence-electron chi connectivity index (χ2n) is 18.4. The van der Waals surface area contributed by atoms with Crippen molar-refractivity contribution in [1.82, 2.24) is 14.1 Å². The summed E-state index contributed by atoms with van der Waals surface area (Å²) >= 11 is 0. The van der Waals surface area contributed by atoms with E-state index in [2.05, 4.69) is 196 Å². The van der Waals surface area contributed by atoms with Gasteiger partial charge in [-0.25, -0.2) is 4.98 Å². The molecule has 6 aromatic carbocycles. The van der Waals surface area contributed by atoms with Crippen molar-refractivity contribution in [2.24, 2.45) is 0 Å². The summed E-state index contributed by atoms with van der Waals surface area (Å²) in [7, 11) is 0. The molecule has 0 radical (unpaired) electrons. The van der Waals surface area contributed by atoms with Gasteiger partial charge in [0.15, 0.2) is 0 Å². The van der Waals surface area contributed by atoms with Gasteiger partial charge in [-0.1, -0.05) is 127 Å². The Bertz CT molecular complexity index is 3070. The summed E-state index contributed by atoms with van der Waals surface area (Å²) in [6.07, 6.45) is 8.01. The predicted molar refractivity (Wildman–Crippen MR) is 239 cm³/mol. The molecule has 9 aromatic rings. The van der Waals surface area contributed by atoms with Crippen LogP contribution in [0.3, 0.4) is 0 Å². The van der Waals surface area contributed by atoms with Gasteiger partial charge in [0.25, 0.3) is 6.33 Å². The summed E-state index contributed by atoms with van der Waals surface area (Å²) in [6, 6.07) is 54.3. The number of ether oxygens (including phenoxy) is 1. The van der Waals surface area contributed by atoms with Gasteiger partial charge in [-0.2, -0.15) is 18.2 Å². The minimum atomic E-state index is -0.0190. The molecular weight excluding hydrogens is 916 g/mol. The molecule has 60 heavy (non-hydrogen) atoms. The van der Waals surface area contributed by atoms with E-state index in [4.69, 9.17) is 9.72 Å². The van der Waals surface area contributed by atoms with Crippen molar-refractivity contribution >= 4 is 32.8 Å². The first-order valence-electron chi connectivity index (χ1n) is 20.7. The van der Waals surface area contributed by atoms with E-state index in [-0.39, 0.29) is 37.3 Å². The van der Waals surface area contributed by atoms with E-state index in [0.717, 1.165) is 67.6 Å². The Morgan fingerprint density at radius 2 is 1.38 bits per heavy atom. The molecule has 0 bridgehead atoms. The molecule has 0 aliphatic heterocycles. The number of fused-ring (bicyclic) bond motifs is 5. The molecule has 10 rings (SSSR count). The fourth-order valence-electron chi connectivity index (χ4n) is 9.01. The third kappa shape index (κ3) is 6.78. The normalized spacial score (nSPS) is 14.6. The van der Waals surface area contributed by atoms with Gasteiger partial charge >= 0.3 is 0 Å². The van der Waals surface area contributed by atoms with Gasteiger partial charge in [0.05, 0.1) is 16.7 Å². The average Bonchev–Trinajstić information content (AvgIpc) is 3.79. The molecule has 5 nitrogen and oxygen atoms in total. The second-order valence-corrected chi connectivity index (χ2v) is 18.4. The molecule has 3 heterocycles.